The van der Waals surface area contributed by atoms with Crippen molar-refractivity contribution in [3.05, 3.63) is 131 Å². The molecule has 7 aromatic rings. The molecule has 0 saturated heterocycles. The van der Waals surface area contributed by atoms with E-state index in [2.05, 4.69) is 143 Å². The summed E-state index contributed by atoms with van der Waals surface area (Å²) >= 11 is 0. The number of pyridine rings is 1. The molecule has 256 valence electrons. The normalized spacial score (nSPS) is 11.4. The molecule has 50 heavy (non-hydrogen) atoms. The number of hydrogen-bond donors (Lipinski definition) is 0. The van der Waals surface area contributed by atoms with Crippen molar-refractivity contribution >= 4 is 21.8 Å². The van der Waals surface area contributed by atoms with Crippen LogP contribution in [0.4, 0.5) is 0 Å². The minimum atomic E-state index is 0. The van der Waals surface area contributed by atoms with Gasteiger partial charge in [0.05, 0.1) is 5.69 Å². The molecule has 0 N–H and O–H groups in total. The Balaban J connectivity index is 0.00000432. The second-order valence-corrected chi connectivity index (χ2v) is 13.4. The summed E-state index contributed by atoms with van der Waals surface area (Å²) in [5.41, 5.74) is 12.6. The number of benzene rings is 4. The summed E-state index contributed by atoms with van der Waals surface area (Å²) in [5, 5.41) is 7.45. The molecule has 0 saturated carbocycles. The number of fused-ring (bicyclic) bond motifs is 3. The van der Waals surface area contributed by atoms with Gasteiger partial charge in [0.1, 0.15) is 5.82 Å². The van der Waals surface area contributed by atoms with Crippen LogP contribution in [-0.2, 0) is 33.3 Å². The standard InChI is InChI=1S/C44H44N4O.Pd/c1-8-10-17-40-44(43-29(5)14-13-15-30(43)6)31(7)46-48(40)34-24-33(28(3)4)25-36(26-34)49-35-19-20-38-37-16-11-12-18-39(37)47(41(38)27-35)42-23-32(9-2)21-22-45-42;/h11-16,18-25,28H,8-10,17H2,1-7H3;/q-2;+2. The maximum absolute atomic E-state index is 6.67. The minimum Gasteiger partial charge on any atom is -0.509 e. The van der Waals surface area contributed by atoms with E-state index in [0.717, 1.165) is 64.7 Å². The first kappa shape index (κ1) is 35.3. The monoisotopic (exact) mass is 750 g/mol. The fourth-order valence-corrected chi connectivity index (χ4v) is 7.03. The maximum atomic E-state index is 6.67. The van der Waals surface area contributed by atoms with E-state index in [1.54, 1.807) is 0 Å². The average molecular weight is 751 g/mol. The Labute approximate surface area is 310 Å². The molecule has 6 heteroatoms. The van der Waals surface area contributed by atoms with Crippen LogP contribution in [0.25, 0.3) is 44.4 Å². The Morgan fingerprint density at radius 1 is 0.800 bits per heavy atom. The van der Waals surface area contributed by atoms with Crippen molar-refractivity contribution in [2.24, 2.45) is 0 Å². The van der Waals surface area contributed by atoms with Gasteiger partial charge in [0.15, 0.2) is 0 Å². The zero-order valence-corrected chi connectivity index (χ0v) is 31.6. The topological polar surface area (TPSA) is 44.9 Å². The van der Waals surface area contributed by atoms with Crippen molar-refractivity contribution in [1.82, 2.24) is 19.3 Å². The largest absolute Gasteiger partial charge is 2.00 e. The van der Waals surface area contributed by atoms with Crippen LogP contribution in [0.15, 0.2) is 85.1 Å². The van der Waals surface area contributed by atoms with E-state index in [0.29, 0.717) is 11.5 Å². The van der Waals surface area contributed by atoms with Crippen LogP contribution in [0.3, 0.4) is 0 Å². The molecule has 3 aromatic heterocycles. The number of aryl methyl sites for hydroxylation is 4. The van der Waals surface area contributed by atoms with Crippen LogP contribution in [0.5, 0.6) is 11.5 Å². The summed E-state index contributed by atoms with van der Waals surface area (Å²) in [5.74, 6) is 2.44. The fourth-order valence-electron chi connectivity index (χ4n) is 7.03. The molecule has 4 aromatic carbocycles. The van der Waals surface area contributed by atoms with E-state index >= 15 is 0 Å². The van der Waals surface area contributed by atoms with E-state index in [-0.39, 0.29) is 26.3 Å². The molecule has 0 spiro atoms. The van der Waals surface area contributed by atoms with Gasteiger partial charge in [-0.05, 0) is 97.5 Å². The van der Waals surface area contributed by atoms with Gasteiger partial charge in [-0.2, -0.15) is 11.2 Å². The number of aromatic nitrogens is 4. The Morgan fingerprint density at radius 2 is 1.58 bits per heavy atom. The van der Waals surface area contributed by atoms with E-state index in [4.69, 9.17) is 14.8 Å². The Kier molecular flexibility index (Phi) is 10.4. The first-order valence-electron chi connectivity index (χ1n) is 17.6. The molecule has 0 unspecified atom stereocenters. The quantitative estimate of drug-likeness (QED) is 0.103. The smallest absolute Gasteiger partial charge is 0.509 e. The molecule has 0 bridgehead atoms. The summed E-state index contributed by atoms with van der Waals surface area (Å²) < 4.78 is 11.0. The summed E-state index contributed by atoms with van der Waals surface area (Å²) in [4.78, 5) is 4.78. The summed E-state index contributed by atoms with van der Waals surface area (Å²) in [6.45, 7) is 15.4. The second-order valence-electron chi connectivity index (χ2n) is 13.4. The van der Waals surface area contributed by atoms with E-state index in [9.17, 15) is 0 Å². The molecule has 0 aliphatic carbocycles. The summed E-state index contributed by atoms with van der Waals surface area (Å²) in [6.07, 6.45) is 5.94. The predicted molar refractivity (Wildman–Crippen MR) is 202 cm³/mol. The van der Waals surface area contributed by atoms with Gasteiger partial charge in [0.25, 0.3) is 0 Å². The number of nitrogens with zero attached hydrogens (tertiary/aromatic N) is 4. The van der Waals surface area contributed by atoms with Gasteiger partial charge in [-0.1, -0.05) is 76.0 Å². The van der Waals surface area contributed by atoms with Crippen molar-refractivity contribution in [3.8, 4) is 34.1 Å². The van der Waals surface area contributed by atoms with Crippen molar-refractivity contribution in [2.45, 2.75) is 80.1 Å². The molecular formula is C44H44N4OPd. The van der Waals surface area contributed by atoms with Crippen molar-refractivity contribution in [1.29, 1.82) is 0 Å². The third-order valence-corrected chi connectivity index (χ3v) is 9.63. The molecule has 0 aliphatic rings. The first-order chi connectivity index (χ1) is 23.8. The molecule has 0 aliphatic heterocycles. The van der Waals surface area contributed by atoms with Gasteiger partial charge in [-0.15, -0.1) is 41.3 Å². The molecule has 0 radical (unpaired) electrons. The SMILES string of the molecule is CCCCc1c(-c2c(C)cccc2C)c(C)nn1-c1[c-]c(Oc2[c-]c3c(cc2)c2ccccc2n3-c2cc(CC)ccn2)cc(C(C)C)c1.[Pd+2]. The number of hydrogen-bond acceptors (Lipinski definition) is 3. The van der Waals surface area contributed by atoms with Crippen molar-refractivity contribution in [2.75, 3.05) is 0 Å². The van der Waals surface area contributed by atoms with Gasteiger partial charge in [-0.25, -0.2) is 4.98 Å². The zero-order valence-electron chi connectivity index (χ0n) is 30.0. The number of ether oxygens (including phenoxy) is 1. The van der Waals surface area contributed by atoms with E-state index < -0.39 is 0 Å². The fraction of sp³-hybridized carbons (Fsp3) is 0.273. The maximum Gasteiger partial charge on any atom is 2.00 e. The molecule has 0 amide bonds. The average Bonchev–Trinajstić information content (AvgIpc) is 3.60. The molecule has 3 heterocycles. The summed E-state index contributed by atoms with van der Waals surface area (Å²) in [6, 6.07) is 34.9. The molecular weight excluding hydrogens is 707 g/mol. The molecule has 7 rings (SSSR count). The van der Waals surface area contributed by atoms with Gasteiger partial charge >= 0.3 is 20.4 Å². The van der Waals surface area contributed by atoms with Crippen LogP contribution in [-0.4, -0.2) is 19.3 Å². The Morgan fingerprint density at radius 3 is 2.32 bits per heavy atom. The van der Waals surface area contributed by atoms with Gasteiger partial charge < -0.3 is 9.30 Å². The number of unbranched alkanes of at least 4 members (excludes halogenated alkanes) is 1. The Bertz CT molecular complexity index is 2290. The minimum absolute atomic E-state index is 0. The Hall–Kier alpha value is -4.50. The van der Waals surface area contributed by atoms with Crippen LogP contribution in [0.1, 0.15) is 80.1 Å². The van der Waals surface area contributed by atoms with E-state index in [1.165, 1.54) is 39.1 Å². The number of para-hydroxylation sites is 1. The van der Waals surface area contributed by atoms with E-state index in [1.807, 2.05) is 12.3 Å². The summed E-state index contributed by atoms with van der Waals surface area (Å²) in [7, 11) is 0. The molecule has 5 nitrogen and oxygen atoms in total. The van der Waals surface area contributed by atoms with Gasteiger partial charge in [0, 0.05) is 34.5 Å². The van der Waals surface area contributed by atoms with Crippen molar-refractivity contribution < 1.29 is 25.2 Å². The van der Waals surface area contributed by atoms with Gasteiger partial charge in [-0.3, -0.25) is 4.68 Å². The first-order valence-corrected chi connectivity index (χ1v) is 17.6. The van der Waals surface area contributed by atoms with Crippen LogP contribution >= 0.6 is 0 Å². The van der Waals surface area contributed by atoms with Gasteiger partial charge in [0.2, 0.25) is 0 Å². The third-order valence-electron chi connectivity index (χ3n) is 9.63. The zero-order chi connectivity index (χ0) is 34.2. The number of rotatable bonds is 10. The van der Waals surface area contributed by atoms with Crippen molar-refractivity contribution in [3.63, 3.8) is 0 Å². The second kappa shape index (κ2) is 14.8. The van der Waals surface area contributed by atoms with Crippen LogP contribution in [0, 0.1) is 32.9 Å². The molecule has 0 fully saturated rings. The van der Waals surface area contributed by atoms with Crippen LogP contribution in [0.2, 0.25) is 0 Å². The molecule has 0 atom stereocenters. The van der Waals surface area contributed by atoms with Crippen LogP contribution < -0.4 is 4.74 Å². The third kappa shape index (κ3) is 6.55. The predicted octanol–water partition coefficient (Wildman–Crippen LogP) is 11.4.